The third kappa shape index (κ3) is 2.07. The van der Waals surface area contributed by atoms with Crippen LogP contribution in [0.5, 0.6) is 0 Å². The molecule has 1 aliphatic rings. The fourth-order valence-corrected chi connectivity index (χ4v) is 2.50. The van der Waals surface area contributed by atoms with Gasteiger partial charge in [0.2, 0.25) is 0 Å². The van der Waals surface area contributed by atoms with Crippen molar-refractivity contribution in [3.63, 3.8) is 0 Å². The second-order valence-electron chi connectivity index (χ2n) is 4.94. The van der Waals surface area contributed by atoms with Crippen LogP contribution in [0.25, 0.3) is 5.70 Å². The van der Waals surface area contributed by atoms with Crippen molar-refractivity contribution >= 4 is 17.3 Å². The number of hydrogen-bond donors (Lipinski definition) is 1. The fourth-order valence-electron chi connectivity index (χ4n) is 2.50. The first-order valence-corrected chi connectivity index (χ1v) is 6.61. The third-order valence-electron chi connectivity index (χ3n) is 3.64. The molecule has 0 aromatic heterocycles. The van der Waals surface area contributed by atoms with Crippen LogP contribution in [0.1, 0.15) is 21.5 Å². The molecule has 3 rings (SSSR count). The molecule has 2 aromatic carbocycles. The molecule has 3 heteroatoms. The monoisotopic (exact) mass is 264 g/mol. The fraction of sp³-hybridized carbons (Fsp3) is 0.118. The van der Waals surface area contributed by atoms with Gasteiger partial charge in [-0.2, -0.15) is 0 Å². The Kier molecular flexibility index (Phi) is 3.03. The number of carbonyl (C=O) groups is 1. The van der Waals surface area contributed by atoms with Crippen LogP contribution in [0.15, 0.2) is 55.1 Å². The first-order chi connectivity index (χ1) is 9.66. The number of carbonyl (C=O) groups excluding carboxylic acids is 1. The molecular formula is C17H16N2O. The summed E-state index contributed by atoms with van der Waals surface area (Å²) in [6, 6.07) is 15.4. The summed E-state index contributed by atoms with van der Waals surface area (Å²) in [5.41, 5.74) is 10.1. The molecule has 0 atom stereocenters. The molecule has 0 saturated heterocycles. The predicted octanol–water partition coefficient (Wildman–Crippen LogP) is 2.94. The summed E-state index contributed by atoms with van der Waals surface area (Å²) < 4.78 is 0. The maximum Gasteiger partial charge on any atom is 0.258 e. The molecule has 0 saturated carbocycles. The van der Waals surface area contributed by atoms with Gasteiger partial charge in [-0.25, -0.2) is 0 Å². The maximum absolute atomic E-state index is 12.3. The Hall–Kier alpha value is -2.55. The molecule has 0 aliphatic carbocycles. The van der Waals surface area contributed by atoms with Crippen molar-refractivity contribution in [3.05, 3.63) is 71.8 Å². The summed E-state index contributed by atoms with van der Waals surface area (Å²) >= 11 is 0. The Morgan fingerprint density at radius 1 is 1.00 bits per heavy atom. The van der Waals surface area contributed by atoms with Crippen molar-refractivity contribution in [3.8, 4) is 0 Å². The Bertz CT molecular complexity index is 639. The van der Waals surface area contributed by atoms with Gasteiger partial charge in [0.15, 0.2) is 0 Å². The van der Waals surface area contributed by atoms with Crippen molar-refractivity contribution in [1.29, 1.82) is 0 Å². The molecule has 0 fully saturated rings. The molecule has 1 amide bonds. The summed E-state index contributed by atoms with van der Waals surface area (Å²) in [6.07, 6.45) is 0.791. The average molecular weight is 264 g/mol. The van der Waals surface area contributed by atoms with E-state index in [1.807, 2.05) is 48.5 Å². The van der Waals surface area contributed by atoms with Gasteiger partial charge in [0, 0.05) is 29.1 Å². The summed E-state index contributed by atoms with van der Waals surface area (Å²) in [5.74, 6) is 0.0426. The molecule has 0 radical (unpaired) electrons. The minimum atomic E-state index is 0.0426. The zero-order chi connectivity index (χ0) is 14.1. The van der Waals surface area contributed by atoms with Crippen molar-refractivity contribution in [1.82, 2.24) is 4.90 Å². The Morgan fingerprint density at radius 3 is 2.30 bits per heavy atom. The molecule has 20 heavy (non-hydrogen) atoms. The van der Waals surface area contributed by atoms with Gasteiger partial charge in [-0.15, -0.1) is 0 Å². The van der Waals surface area contributed by atoms with E-state index in [1.165, 1.54) is 0 Å². The first kappa shape index (κ1) is 12.5. The molecule has 2 aromatic rings. The van der Waals surface area contributed by atoms with Crippen LogP contribution in [0.4, 0.5) is 5.69 Å². The lowest BCUT2D eigenvalue weighted by Gasteiger charge is -2.17. The van der Waals surface area contributed by atoms with E-state index in [9.17, 15) is 4.79 Å². The minimum absolute atomic E-state index is 0.0426. The van der Waals surface area contributed by atoms with Gasteiger partial charge < -0.3 is 10.6 Å². The van der Waals surface area contributed by atoms with Crippen molar-refractivity contribution < 1.29 is 4.79 Å². The summed E-state index contributed by atoms with van der Waals surface area (Å²) in [5, 5.41) is 0. The lowest BCUT2D eigenvalue weighted by Crippen LogP contribution is -2.25. The van der Waals surface area contributed by atoms with E-state index in [-0.39, 0.29) is 5.91 Å². The molecular weight excluding hydrogens is 248 g/mol. The zero-order valence-electron chi connectivity index (χ0n) is 11.2. The lowest BCUT2D eigenvalue weighted by molar-refractivity contribution is 0.0852. The van der Waals surface area contributed by atoms with E-state index in [4.69, 9.17) is 5.73 Å². The largest absolute Gasteiger partial charge is 0.399 e. The van der Waals surface area contributed by atoms with Crippen LogP contribution in [0.3, 0.4) is 0 Å². The van der Waals surface area contributed by atoms with Gasteiger partial charge in [-0.05, 0) is 30.2 Å². The van der Waals surface area contributed by atoms with E-state index < -0.39 is 0 Å². The van der Waals surface area contributed by atoms with Crippen LogP contribution in [-0.2, 0) is 6.42 Å². The number of benzene rings is 2. The molecule has 0 spiro atoms. The molecule has 1 heterocycles. The standard InChI is InChI=1S/C17H16N2O/c1-12-15-4-2-3-5-16(15)17(20)19(12)11-10-13-6-8-14(18)9-7-13/h2-9H,1,10-11,18H2. The van der Waals surface area contributed by atoms with Crippen LogP contribution in [0, 0.1) is 0 Å². The van der Waals surface area contributed by atoms with Gasteiger partial charge in [0.05, 0.1) is 0 Å². The summed E-state index contributed by atoms with van der Waals surface area (Å²) in [6.45, 7) is 4.67. The summed E-state index contributed by atoms with van der Waals surface area (Å²) in [7, 11) is 0. The highest BCUT2D eigenvalue weighted by atomic mass is 16.2. The molecule has 0 unspecified atom stereocenters. The van der Waals surface area contributed by atoms with Gasteiger partial charge in [-0.1, -0.05) is 36.9 Å². The molecule has 100 valence electrons. The number of amides is 1. The highest BCUT2D eigenvalue weighted by Gasteiger charge is 2.29. The summed E-state index contributed by atoms with van der Waals surface area (Å²) in [4.78, 5) is 14.1. The van der Waals surface area contributed by atoms with E-state index in [1.54, 1.807) is 4.90 Å². The highest BCUT2D eigenvalue weighted by Crippen LogP contribution is 2.31. The molecule has 1 aliphatic heterocycles. The SMILES string of the molecule is C=C1c2ccccc2C(=O)N1CCc1ccc(N)cc1. The number of nitrogens with two attached hydrogens (primary N) is 1. The average Bonchev–Trinajstić information content (AvgIpc) is 2.71. The quantitative estimate of drug-likeness (QED) is 0.866. The topological polar surface area (TPSA) is 46.3 Å². The van der Waals surface area contributed by atoms with Gasteiger partial charge >= 0.3 is 0 Å². The second-order valence-corrected chi connectivity index (χ2v) is 4.94. The predicted molar refractivity (Wildman–Crippen MR) is 81.1 cm³/mol. The lowest BCUT2D eigenvalue weighted by atomic mass is 10.1. The molecule has 0 bridgehead atoms. The molecule has 3 nitrogen and oxygen atoms in total. The third-order valence-corrected chi connectivity index (χ3v) is 3.64. The maximum atomic E-state index is 12.3. The number of rotatable bonds is 3. The van der Waals surface area contributed by atoms with Gasteiger partial charge in [-0.3, -0.25) is 4.79 Å². The molecule has 2 N–H and O–H groups in total. The van der Waals surface area contributed by atoms with Crippen LogP contribution in [-0.4, -0.2) is 17.4 Å². The smallest absolute Gasteiger partial charge is 0.258 e. The van der Waals surface area contributed by atoms with Crippen LogP contribution < -0.4 is 5.73 Å². The Morgan fingerprint density at radius 2 is 1.65 bits per heavy atom. The normalized spacial score (nSPS) is 13.7. The van der Waals surface area contributed by atoms with Crippen molar-refractivity contribution in [2.45, 2.75) is 6.42 Å². The second kappa shape index (κ2) is 4.85. The number of hydrogen-bond acceptors (Lipinski definition) is 2. The van der Waals surface area contributed by atoms with E-state index in [2.05, 4.69) is 6.58 Å². The van der Waals surface area contributed by atoms with Gasteiger partial charge in [0.25, 0.3) is 5.91 Å². The number of nitrogen functional groups attached to an aromatic ring is 1. The number of anilines is 1. The minimum Gasteiger partial charge on any atom is -0.399 e. The van der Waals surface area contributed by atoms with Crippen LogP contribution in [0.2, 0.25) is 0 Å². The van der Waals surface area contributed by atoms with Crippen LogP contribution >= 0.6 is 0 Å². The zero-order valence-corrected chi connectivity index (χ0v) is 11.2. The van der Waals surface area contributed by atoms with E-state index in [0.29, 0.717) is 6.54 Å². The first-order valence-electron chi connectivity index (χ1n) is 6.61. The van der Waals surface area contributed by atoms with E-state index >= 15 is 0 Å². The number of nitrogens with zero attached hydrogens (tertiary/aromatic N) is 1. The van der Waals surface area contributed by atoms with E-state index in [0.717, 1.165) is 34.5 Å². The van der Waals surface area contributed by atoms with Gasteiger partial charge in [0.1, 0.15) is 0 Å². The number of fused-ring (bicyclic) bond motifs is 1. The van der Waals surface area contributed by atoms with Crippen molar-refractivity contribution in [2.75, 3.05) is 12.3 Å². The highest BCUT2D eigenvalue weighted by molar-refractivity contribution is 6.08. The Balaban J connectivity index is 1.75. The van der Waals surface area contributed by atoms with Crippen molar-refractivity contribution in [2.24, 2.45) is 0 Å². The Labute approximate surface area is 118 Å².